The van der Waals surface area contributed by atoms with Crippen molar-refractivity contribution in [3.63, 3.8) is 0 Å². The van der Waals surface area contributed by atoms with E-state index in [0.29, 0.717) is 11.1 Å². The molecule has 0 bridgehead atoms. The van der Waals surface area contributed by atoms with Crippen molar-refractivity contribution < 1.29 is 13.0 Å². The van der Waals surface area contributed by atoms with Crippen LogP contribution in [0.2, 0.25) is 0 Å². The van der Waals surface area contributed by atoms with Gasteiger partial charge in [0.25, 0.3) is 10.1 Å². The minimum atomic E-state index is -4.15. The summed E-state index contributed by atoms with van der Waals surface area (Å²) in [7, 11) is -4.15. The summed E-state index contributed by atoms with van der Waals surface area (Å²) >= 11 is 0. The summed E-state index contributed by atoms with van der Waals surface area (Å²) in [4.78, 5) is -0.124. The Balaban J connectivity index is 0.00000128. The number of nitrogens with two attached hydrogens (primary N) is 1. The Morgan fingerprint density at radius 2 is 1.81 bits per heavy atom. The summed E-state index contributed by atoms with van der Waals surface area (Å²) in [5.41, 5.74) is 6.28. The molecule has 6 heteroatoms. The first-order valence-electron chi connectivity index (χ1n) is 4.24. The predicted molar refractivity (Wildman–Crippen MR) is 63.9 cm³/mol. The van der Waals surface area contributed by atoms with Crippen molar-refractivity contribution in [2.75, 3.05) is 5.73 Å². The Hall–Kier alpha value is -0.590. The Morgan fingerprint density at radius 1 is 1.12 bits per heavy atom. The summed E-state index contributed by atoms with van der Waals surface area (Å²) in [5, 5.41) is 1.45. The second-order valence-corrected chi connectivity index (χ2v) is 4.63. The van der Waals surface area contributed by atoms with Gasteiger partial charge in [-0.05, 0) is 23.6 Å². The van der Waals surface area contributed by atoms with E-state index in [4.69, 9.17) is 10.3 Å². The molecule has 0 fully saturated rings. The van der Waals surface area contributed by atoms with Crippen LogP contribution < -0.4 is 5.73 Å². The van der Waals surface area contributed by atoms with Crippen LogP contribution in [0.5, 0.6) is 0 Å². The molecule has 2 rings (SSSR count). The largest absolute Gasteiger partial charge is 0.398 e. The average Bonchev–Trinajstić information content (AvgIpc) is 2.16. The first kappa shape index (κ1) is 13.5. The topological polar surface area (TPSA) is 80.4 Å². The first-order valence-corrected chi connectivity index (χ1v) is 5.68. The molecule has 0 spiro atoms. The molecule has 4 nitrogen and oxygen atoms in total. The zero-order valence-electron chi connectivity index (χ0n) is 8.71. The molecule has 3 N–H and O–H groups in total. The van der Waals surface area contributed by atoms with Gasteiger partial charge in [0.15, 0.2) is 0 Å². The van der Waals surface area contributed by atoms with Crippen molar-refractivity contribution >= 4 is 56.1 Å². The number of nitrogen functional groups attached to an aromatic ring is 1. The third kappa shape index (κ3) is 2.56. The summed E-state index contributed by atoms with van der Waals surface area (Å²) < 4.78 is 30.6. The fourth-order valence-electron chi connectivity index (χ4n) is 1.45. The van der Waals surface area contributed by atoms with Crippen molar-refractivity contribution in [3.05, 3.63) is 36.4 Å². The van der Waals surface area contributed by atoms with Gasteiger partial charge in [0.2, 0.25) is 0 Å². The van der Waals surface area contributed by atoms with E-state index in [1.807, 2.05) is 0 Å². The van der Waals surface area contributed by atoms with Gasteiger partial charge in [-0.25, -0.2) is 0 Å². The van der Waals surface area contributed by atoms with Crippen LogP contribution in [-0.2, 0) is 10.1 Å². The summed E-state index contributed by atoms with van der Waals surface area (Å²) in [5.74, 6) is 0. The molecule has 0 aliphatic rings. The van der Waals surface area contributed by atoms with Crippen LogP contribution in [0.4, 0.5) is 5.69 Å². The Bertz CT molecular complexity index is 625. The third-order valence-corrected chi connectivity index (χ3v) is 3.03. The molecule has 0 amide bonds. The molecule has 0 aromatic heterocycles. The standard InChI is InChI=1S/C10H9NO3S.Na/c11-10-3-1-2-7-6-8(15(12,13)14)4-5-9(7)10;/h1-6H,11H2,(H,12,13,14);. The van der Waals surface area contributed by atoms with Crippen LogP contribution in [0.15, 0.2) is 41.3 Å². The molecule has 0 saturated carbocycles. The molecule has 0 heterocycles. The molecule has 79 valence electrons. The summed E-state index contributed by atoms with van der Waals surface area (Å²) in [6.07, 6.45) is 0. The molecular weight excluding hydrogens is 237 g/mol. The number of anilines is 1. The Kier molecular flexibility index (Phi) is 3.98. The van der Waals surface area contributed by atoms with Gasteiger partial charge in [0, 0.05) is 40.6 Å². The van der Waals surface area contributed by atoms with E-state index in [1.165, 1.54) is 12.1 Å². The number of hydrogen-bond donors (Lipinski definition) is 2. The molecule has 0 atom stereocenters. The molecule has 0 aliphatic heterocycles. The second kappa shape index (κ2) is 4.73. The maximum atomic E-state index is 10.9. The maximum absolute atomic E-state index is 10.9. The van der Waals surface area contributed by atoms with Crippen LogP contribution in [0.3, 0.4) is 0 Å². The fraction of sp³-hybridized carbons (Fsp3) is 0. The van der Waals surface area contributed by atoms with E-state index in [9.17, 15) is 8.42 Å². The predicted octanol–water partition coefficient (Wildman–Crippen LogP) is 1.29. The van der Waals surface area contributed by atoms with Crippen molar-refractivity contribution in [1.82, 2.24) is 0 Å². The smallest absolute Gasteiger partial charge is 0.294 e. The van der Waals surface area contributed by atoms with Crippen molar-refractivity contribution in [3.8, 4) is 0 Å². The van der Waals surface area contributed by atoms with Gasteiger partial charge in [0.1, 0.15) is 0 Å². The maximum Gasteiger partial charge on any atom is 0.294 e. The number of fused-ring (bicyclic) bond motifs is 1. The number of rotatable bonds is 1. The van der Waals surface area contributed by atoms with E-state index < -0.39 is 10.1 Å². The number of hydrogen-bond acceptors (Lipinski definition) is 3. The van der Waals surface area contributed by atoms with Gasteiger partial charge in [-0.1, -0.05) is 18.2 Å². The van der Waals surface area contributed by atoms with Gasteiger partial charge < -0.3 is 5.73 Å². The Morgan fingerprint density at radius 3 is 2.44 bits per heavy atom. The van der Waals surface area contributed by atoms with Crippen molar-refractivity contribution in [1.29, 1.82) is 0 Å². The van der Waals surface area contributed by atoms with E-state index >= 15 is 0 Å². The molecule has 0 unspecified atom stereocenters. The minimum Gasteiger partial charge on any atom is -0.398 e. The van der Waals surface area contributed by atoms with Crippen LogP contribution in [0.25, 0.3) is 10.8 Å². The zero-order chi connectivity index (χ0) is 11.1. The number of benzene rings is 2. The zero-order valence-corrected chi connectivity index (χ0v) is 11.5. The quantitative estimate of drug-likeness (QED) is 0.451. The van der Waals surface area contributed by atoms with Gasteiger partial charge >= 0.3 is 0 Å². The molecule has 2 aromatic carbocycles. The molecule has 16 heavy (non-hydrogen) atoms. The normalized spacial score (nSPS) is 11.1. The van der Waals surface area contributed by atoms with Crippen molar-refractivity contribution in [2.45, 2.75) is 4.90 Å². The average molecular weight is 246 g/mol. The first-order chi connectivity index (χ1) is 6.98. The van der Waals surface area contributed by atoms with E-state index in [-0.39, 0.29) is 34.5 Å². The molecule has 0 saturated heterocycles. The Labute approximate surface area is 115 Å². The molecule has 2 aromatic rings. The second-order valence-electron chi connectivity index (χ2n) is 3.21. The molecular formula is C10H9NNaO3S. The van der Waals surface area contributed by atoms with Crippen LogP contribution >= 0.6 is 0 Å². The van der Waals surface area contributed by atoms with Crippen molar-refractivity contribution in [2.24, 2.45) is 0 Å². The SMILES string of the molecule is Nc1cccc2cc(S(=O)(=O)O)ccc12.[Na]. The van der Waals surface area contributed by atoms with E-state index in [1.54, 1.807) is 24.3 Å². The molecule has 1 radical (unpaired) electrons. The van der Waals surface area contributed by atoms with Crippen LogP contribution in [-0.4, -0.2) is 42.5 Å². The monoisotopic (exact) mass is 246 g/mol. The van der Waals surface area contributed by atoms with Gasteiger partial charge in [-0.2, -0.15) is 8.42 Å². The van der Waals surface area contributed by atoms with E-state index in [2.05, 4.69) is 0 Å². The molecule has 0 aliphatic carbocycles. The summed E-state index contributed by atoms with van der Waals surface area (Å²) in [6.45, 7) is 0. The fourth-order valence-corrected chi connectivity index (χ4v) is 1.96. The van der Waals surface area contributed by atoms with Gasteiger partial charge in [-0.3, -0.25) is 4.55 Å². The summed E-state index contributed by atoms with van der Waals surface area (Å²) in [6, 6.07) is 9.49. The van der Waals surface area contributed by atoms with Gasteiger partial charge in [0.05, 0.1) is 4.90 Å². The van der Waals surface area contributed by atoms with E-state index in [0.717, 1.165) is 5.39 Å². The van der Waals surface area contributed by atoms with Crippen LogP contribution in [0.1, 0.15) is 0 Å². The van der Waals surface area contributed by atoms with Crippen LogP contribution in [0, 0.1) is 0 Å². The van der Waals surface area contributed by atoms with Gasteiger partial charge in [-0.15, -0.1) is 0 Å². The third-order valence-electron chi connectivity index (χ3n) is 2.18. The minimum absolute atomic E-state index is 0.